The van der Waals surface area contributed by atoms with Crippen molar-refractivity contribution in [1.29, 1.82) is 0 Å². The largest absolute Gasteiger partial charge is 0.457 e. The molecule has 0 saturated heterocycles. The number of ether oxygens (including phenoxy) is 1. The van der Waals surface area contributed by atoms with Gasteiger partial charge >= 0.3 is 5.97 Å². The fraction of sp³-hybridized carbons (Fsp3) is 0.0667. The van der Waals surface area contributed by atoms with Crippen molar-refractivity contribution >= 4 is 23.5 Å². The van der Waals surface area contributed by atoms with Crippen LogP contribution in [-0.4, -0.2) is 11.9 Å². The summed E-state index contributed by atoms with van der Waals surface area (Å²) in [7, 11) is 0. The van der Waals surface area contributed by atoms with Gasteiger partial charge in [-0.15, -0.1) is 0 Å². The van der Waals surface area contributed by atoms with E-state index in [2.05, 4.69) is 0 Å². The van der Waals surface area contributed by atoms with Crippen LogP contribution >= 0.6 is 11.6 Å². The molecule has 0 fully saturated rings. The summed E-state index contributed by atoms with van der Waals surface area (Å²) in [6.07, 6.45) is 0. The minimum absolute atomic E-state index is 0.0518. The van der Waals surface area contributed by atoms with Crippen molar-refractivity contribution in [2.75, 3.05) is 0 Å². The molecular weight excluding hydrogens is 297 g/mol. The highest BCUT2D eigenvalue weighted by Gasteiger charge is 2.14. The van der Waals surface area contributed by atoms with Gasteiger partial charge in [-0.05, 0) is 35.9 Å². The Kier molecular flexibility index (Phi) is 4.55. The molecule has 0 atom stereocenters. The molecule has 0 saturated carbocycles. The quantitative estimate of drug-likeness (QED) is 0.883. The summed E-state index contributed by atoms with van der Waals surface area (Å²) < 4.78 is 18.5. The number of amides is 1. The Morgan fingerprint density at radius 2 is 1.81 bits per heavy atom. The van der Waals surface area contributed by atoms with Gasteiger partial charge in [0.2, 0.25) is 5.91 Å². The van der Waals surface area contributed by atoms with Crippen LogP contribution in [0, 0.1) is 5.82 Å². The molecule has 6 heteroatoms. The summed E-state index contributed by atoms with van der Waals surface area (Å²) >= 11 is 5.71. The number of carbonyl (C=O) groups is 2. The van der Waals surface area contributed by atoms with Crippen LogP contribution < -0.4 is 5.73 Å². The Morgan fingerprint density at radius 3 is 2.43 bits per heavy atom. The first-order valence-electron chi connectivity index (χ1n) is 5.98. The Labute approximate surface area is 125 Å². The third kappa shape index (κ3) is 3.79. The first-order chi connectivity index (χ1) is 9.97. The molecule has 2 aromatic rings. The molecular formula is C15H11ClFNO3. The fourth-order valence-electron chi connectivity index (χ4n) is 1.65. The molecule has 0 aliphatic heterocycles. The third-order valence-electron chi connectivity index (χ3n) is 2.76. The molecule has 0 radical (unpaired) electrons. The summed E-state index contributed by atoms with van der Waals surface area (Å²) in [5, 5.41) is 0.245. The van der Waals surface area contributed by atoms with Crippen molar-refractivity contribution in [3.8, 4) is 0 Å². The molecule has 1 amide bonds. The van der Waals surface area contributed by atoms with E-state index >= 15 is 0 Å². The lowest BCUT2D eigenvalue weighted by Gasteiger charge is -2.06. The van der Waals surface area contributed by atoms with E-state index in [4.69, 9.17) is 22.1 Å². The summed E-state index contributed by atoms with van der Waals surface area (Å²) in [6.45, 7) is -0.0518. The first-order valence-corrected chi connectivity index (χ1v) is 6.36. The maximum Gasteiger partial charge on any atom is 0.341 e. The molecule has 2 aromatic carbocycles. The number of hydrogen-bond acceptors (Lipinski definition) is 3. The molecule has 108 valence electrons. The maximum absolute atomic E-state index is 13.5. The highest BCUT2D eigenvalue weighted by Crippen LogP contribution is 2.16. The van der Waals surface area contributed by atoms with Crippen molar-refractivity contribution in [3.63, 3.8) is 0 Å². The van der Waals surface area contributed by atoms with Gasteiger partial charge in [0.15, 0.2) is 0 Å². The van der Waals surface area contributed by atoms with Crippen LogP contribution in [0.25, 0.3) is 0 Å². The van der Waals surface area contributed by atoms with Gasteiger partial charge in [0, 0.05) is 10.6 Å². The summed E-state index contributed by atoms with van der Waals surface area (Å²) in [4.78, 5) is 22.7. The van der Waals surface area contributed by atoms with Crippen molar-refractivity contribution in [1.82, 2.24) is 0 Å². The average Bonchev–Trinajstić information content (AvgIpc) is 2.47. The number of carbonyl (C=O) groups excluding carboxylic acids is 2. The van der Waals surface area contributed by atoms with Crippen LogP contribution in [0.4, 0.5) is 4.39 Å². The van der Waals surface area contributed by atoms with Gasteiger partial charge < -0.3 is 10.5 Å². The Bertz CT molecular complexity index is 686. The Morgan fingerprint density at radius 1 is 1.14 bits per heavy atom. The van der Waals surface area contributed by atoms with E-state index in [1.54, 1.807) is 12.1 Å². The minimum Gasteiger partial charge on any atom is -0.457 e. The third-order valence-corrected chi connectivity index (χ3v) is 2.99. The average molecular weight is 308 g/mol. The molecule has 0 bridgehead atoms. The van der Waals surface area contributed by atoms with Crippen LogP contribution in [0.1, 0.15) is 26.3 Å². The van der Waals surface area contributed by atoms with Crippen molar-refractivity contribution < 1.29 is 18.7 Å². The number of benzene rings is 2. The fourth-order valence-corrected chi connectivity index (χ4v) is 1.82. The minimum atomic E-state index is -0.811. The molecule has 2 rings (SSSR count). The molecule has 0 aromatic heterocycles. The molecule has 21 heavy (non-hydrogen) atoms. The van der Waals surface area contributed by atoms with Crippen molar-refractivity contribution in [2.24, 2.45) is 5.73 Å². The topological polar surface area (TPSA) is 69.4 Å². The lowest BCUT2D eigenvalue weighted by atomic mass is 10.1. The number of esters is 1. The zero-order valence-corrected chi connectivity index (χ0v) is 11.6. The van der Waals surface area contributed by atoms with Crippen LogP contribution in [0.15, 0.2) is 42.5 Å². The highest BCUT2D eigenvalue weighted by molar-refractivity contribution is 6.30. The van der Waals surface area contributed by atoms with Crippen LogP contribution in [0.5, 0.6) is 0 Å². The van der Waals surface area contributed by atoms with E-state index < -0.39 is 17.7 Å². The van der Waals surface area contributed by atoms with E-state index in [-0.39, 0.29) is 17.2 Å². The van der Waals surface area contributed by atoms with Crippen LogP contribution in [-0.2, 0) is 11.3 Å². The molecule has 4 nitrogen and oxygen atoms in total. The molecule has 0 aliphatic rings. The van der Waals surface area contributed by atoms with Crippen molar-refractivity contribution in [3.05, 3.63) is 70.0 Å². The number of nitrogens with two attached hydrogens (primary N) is 1. The standard InChI is InChI=1S/C15H11ClFNO3/c16-11-5-6-13(17)12(7-11)15(20)21-8-9-1-3-10(4-2-9)14(18)19/h1-7H,8H2,(H2,18,19). The summed E-state index contributed by atoms with van der Waals surface area (Å²) in [6, 6.07) is 9.88. The second-order valence-corrected chi connectivity index (χ2v) is 4.70. The second-order valence-electron chi connectivity index (χ2n) is 4.26. The van der Waals surface area contributed by atoms with E-state index in [0.29, 0.717) is 11.1 Å². The molecule has 2 N–H and O–H groups in total. The number of primary amides is 1. The first kappa shape index (κ1) is 15.0. The monoisotopic (exact) mass is 307 g/mol. The second kappa shape index (κ2) is 6.37. The van der Waals surface area contributed by atoms with Crippen molar-refractivity contribution in [2.45, 2.75) is 6.61 Å². The van der Waals surface area contributed by atoms with Gasteiger partial charge in [-0.25, -0.2) is 9.18 Å². The SMILES string of the molecule is NC(=O)c1ccc(COC(=O)c2cc(Cl)ccc2F)cc1. The Balaban J connectivity index is 2.04. The predicted octanol–water partition coefficient (Wildman–Crippen LogP) is 2.94. The van der Waals surface area contributed by atoms with Gasteiger partial charge in [0.05, 0.1) is 5.56 Å². The van der Waals surface area contributed by atoms with E-state index in [1.807, 2.05) is 0 Å². The normalized spacial score (nSPS) is 10.2. The van der Waals surface area contributed by atoms with Gasteiger partial charge in [-0.2, -0.15) is 0 Å². The molecule has 0 aliphatic carbocycles. The van der Waals surface area contributed by atoms with Gasteiger partial charge in [-0.3, -0.25) is 4.79 Å². The van der Waals surface area contributed by atoms with E-state index in [9.17, 15) is 14.0 Å². The lowest BCUT2D eigenvalue weighted by Crippen LogP contribution is -2.11. The maximum atomic E-state index is 13.5. The highest BCUT2D eigenvalue weighted by atomic mass is 35.5. The lowest BCUT2D eigenvalue weighted by molar-refractivity contribution is 0.0467. The predicted molar refractivity (Wildman–Crippen MR) is 75.5 cm³/mol. The van der Waals surface area contributed by atoms with Gasteiger partial charge in [-0.1, -0.05) is 23.7 Å². The van der Waals surface area contributed by atoms with Crippen LogP contribution in [0.2, 0.25) is 5.02 Å². The smallest absolute Gasteiger partial charge is 0.341 e. The molecule has 0 heterocycles. The van der Waals surface area contributed by atoms with Crippen LogP contribution in [0.3, 0.4) is 0 Å². The number of halogens is 2. The van der Waals surface area contributed by atoms with E-state index in [1.165, 1.54) is 24.3 Å². The number of hydrogen-bond donors (Lipinski definition) is 1. The van der Waals surface area contributed by atoms with Gasteiger partial charge in [0.1, 0.15) is 12.4 Å². The zero-order valence-electron chi connectivity index (χ0n) is 10.8. The van der Waals surface area contributed by atoms with Gasteiger partial charge in [0.25, 0.3) is 0 Å². The number of rotatable bonds is 4. The summed E-state index contributed by atoms with van der Waals surface area (Å²) in [5.74, 6) is -2.05. The molecule has 0 spiro atoms. The zero-order chi connectivity index (χ0) is 15.4. The van der Waals surface area contributed by atoms with E-state index in [0.717, 1.165) is 6.07 Å². The summed E-state index contributed by atoms with van der Waals surface area (Å²) in [5.41, 5.74) is 5.89. The Hall–Kier alpha value is -2.40. The molecule has 0 unspecified atom stereocenters.